The zero-order chi connectivity index (χ0) is 15.3. The Morgan fingerprint density at radius 1 is 0.955 bits per heavy atom. The summed E-state index contributed by atoms with van der Waals surface area (Å²) in [5, 5.41) is 11.0. The van der Waals surface area contributed by atoms with Gasteiger partial charge in [0, 0.05) is 18.5 Å². The van der Waals surface area contributed by atoms with Crippen molar-refractivity contribution in [2.24, 2.45) is 0 Å². The molecule has 2 aromatic heterocycles. The lowest BCUT2D eigenvalue weighted by Crippen LogP contribution is -1.90. The summed E-state index contributed by atoms with van der Waals surface area (Å²) in [4.78, 5) is 16.7. The number of nitrogens with zero attached hydrogens (tertiary/aromatic N) is 3. The molecule has 0 amide bonds. The maximum atomic E-state index is 10.2. The summed E-state index contributed by atoms with van der Waals surface area (Å²) >= 11 is 21.8. The molecule has 10 heteroatoms. The Morgan fingerprint density at radius 3 is 1.77 bits per heavy atom. The van der Waals surface area contributed by atoms with Crippen LogP contribution in [0.3, 0.4) is 0 Å². The van der Waals surface area contributed by atoms with Crippen LogP contribution in [0.5, 0.6) is 0 Å². The molecule has 0 aliphatic heterocycles. The van der Waals surface area contributed by atoms with E-state index in [4.69, 9.17) is 52.1 Å². The Morgan fingerprint density at radius 2 is 1.41 bits per heavy atom. The van der Waals surface area contributed by atoms with E-state index in [0.29, 0.717) is 15.9 Å². The highest BCUT2D eigenvalue weighted by atomic mass is 35.5. The van der Waals surface area contributed by atoms with Crippen LogP contribution in [0.1, 0.15) is 14.9 Å². The van der Waals surface area contributed by atoms with Crippen LogP contribution < -0.4 is 5.73 Å². The van der Waals surface area contributed by atoms with E-state index in [1.165, 1.54) is 12.4 Å². The number of hydrogen-bond donors (Lipinski definition) is 1. The van der Waals surface area contributed by atoms with E-state index < -0.39 is 4.92 Å². The molecular weight excluding hydrogens is 374 g/mol. The summed E-state index contributed by atoms with van der Waals surface area (Å²) in [6.07, 6.45) is 2.69. The topological polar surface area (TPSA) is 94.9 Å². The van der Waals surface area contributed by atoms with Crippen molar-refractivity contribution in [3.05, 3.63) is 55.0 Å². The number of nitro groups is 1. The Balaban J connectivity index is 0. The van der Waals surface area contributed by atoms with Crippen molar-refractivity contribution in [3.63, 3.8) is 0 Å². The molecule has 0 bridgehead atoms. The van der Waals surface area contributed by atoms with Crippen LogP contribution in [-0.2, 0) is 0 Å². The van der Waals surface area contributed by atoms with Gasteiger partial charge in [0.15, 0.2) is 5.15 Å². The Bertz CT molecular complexity index is 641. The molecule has 0 radical (unpaired) electrons. The molecule has 2 rings (SSSR count). The SMILES string of the molecule is C.C.Nc1cc(Cl)cnc1Cl.O=[N+]([O-])c1cc(Cl)cnc1Cl. The van der Waals surface area contributed by atoms with E-state index in [-0.39, 0.29) is 30.7 Å². The molecule has 2 N–H and O–H groups in total. The smallest absolute Gasteiger partial charge is 0.307 e. The van der Waals surface area contributed by atoms with Crippen LogP contribution in [0.4, 0.5) is 11.4 Å². The number of hydrogen-bond acceptors (Lipinski definition) is 5. The first kappa shape index (κ1) is 22.9. The molecular formula is C12H14Cl4N4O2. The maximum Gasteiger partial charge on any atom is 0.307 e. The van der Waals surface area contributed by atoms with Gasteiger partial charge in [-0.1, -0.05) is 61.3 Å². The molecule has 0 aliphatic rings. The van der Waals surface area contributed by atoms with Gasteiger partial charge in [-0.05, 0) is 6.07 Å². The Hall–Kier alpha value is -1.34. The summed E-state index contributed by atoms with van der Waals surface area (Å²) < 4.78 is 0. The highest BCUT2D eigenvalue weighted by Crippen LogP contribution is 2.24. The third-order valence-electron chi connectivity index (χ3n) is 1.82. The van der Waals surface area contributed by atoms with Gasteiger partial charge in [-0.15, -0.1) is 0 Å². The third-order valence-corrected chi connectivity index (χ3v) is 2.84. The second-order valence-electron chi connectivity index (χ2n) is 3.25. The Labute approximate surface area is 148 Å². The minimum atomic E-state index is -0.638. The van der Waals surface area contributed by atoms with Crippen LogP contribution >= 0.6 is 46.4 Å². The zero-order valence-corrected chi connectivity index (χ0v) is 12.6. The number of pyridine rings is 2. The summed E-state index contributed by atoms with van der Waals surface area (Å²) in [7, 11) is 0. The van der Waals surface area contributed by atoms with Gasteiger partial charge in [-0.2, -0.15) is 0 Å². The molecule has 2 heterocycles. The fraction of sp³-hybridized carbons (Fsp3) is 0.167. The van der Waals surface area contributed by atoms with Crippen LogP contribution in [0.2, 0.25) is 20.4 Å². The van der Waals surface area contributed by atoms with E-state index >= 15 is 0 Å². The van der Waals surface area contributed by atoms with Crippen molar-refractivity contribution < 1.29 is 4.92 Å². The molecule has 22 heavy (non-hydrogen) atoms. The number of rotatable bonds is 1. The van der Waals surface area contributed by atoms with Crippen LogP contribution in [0.25, 0.3) is 0 Å². The maximum absolute atomic E-state index is 10.2. The number of nitrogens with two attached hydrogens (primary N) is 1. The van der Waals surface area contributed by atoms with Crippen molar-refractivity contribution >= 4 is 57.8 Å². The molecule has 2 aromatic rings. The zero-order valence-electron chi connectivity index (χ0n) is 9.56. The monoisotopic (exact) mass is 386 g/mol. The summed E-state index contributed by atoms with van der Waals surface area (Å²) in [5.74, 6) is 0. The average molecular weight is 388 g/mol. The first-order valence-electron chi connectivity index (χ1n) is 4.83. The minimum Gasteiger partial charge on any atom is -0.396 e. The summed E-state index contributed by atoms with van der Waals surface area (Å²) in [6.45, 7) is 0. The molecule has 0 saturated heterocycles. The predicted molar refractivity (Wildman–Crippen MR) is 93.0 cm³/mol. The van der Waals surface area contributed by atoms with Crippen molar-refractivity contribution in [1.82, 2.24) is 9.97 Å². The first-order valence-corrected chi connectivity index (χ1v) is 6.34. The van der Waals surface area contributed by atoms with Gasteiger partial charge < -0.3 is 5.73 Å². The largest absolute Gasteiger partial charge is 0.396 e. The van der Waals surface area contributed by atoms with E-state index in [0.717, 1.165) is 6.07 Å². The molecule has 0 unspecified atom stereocenters. The van der Waals surface area contributed by atoms with Crippen molar-refractivity contribution in [3.8, 4) is 0 Å². The van der Waals surface area contributed by atoms with Crippen LogP contribution in [0, 0.1) is 10.1 Å². The molecule has 0 saturated carbocycles. The normalized spacial score (nSPS) is 8.73. The minimum absolute atomic E-state index is 0. The molecule has 0 aliphatic carbocycles. The number of aromatic nitrogens is 2. The van der Waals surface area contributed by atoms with E-state index in [1.54, 1.807) is 6.07 Å². The molecule has 0 fully saturated rings. The van der Waals surface area contributed by atoms with E-state index in [9.17, 15) is 10.1 Å². The van der Waals surface area contributed by atoms with Gasteiger partial charge in [0.25, 0.3) is 0 Å². The lowest BCUT2D eigenvalue weighted by atomic mass is 10.4. The molecule has 0 atom stereocenters. The van der Waals surface area contributed by atoms with Crippen molar-refractivity contribution in [2.75, 3.05) is 5.73 Å². The second kappa shape index (κ2) is 10.4. The second-order valence-corrected chi connectivity index (χ2v) is 4.84. The molecule has 6 nitrogen and oxygen atoms in total. The molecule has 0 spiro atoms. The van der Waals surface area contributed by atoms with Crippen LogP contribution in [-0.4, -0.2) is 14.9 Å². The molecule has 0 aromatic carbocycles. The van der Waals surface area contributed by atoms with Gasteiger partial charge >= 0.3 is 5.69 Å². The number of anilines is 1. The van der Waals surface area contributed by atoms with Gasteiger partial charge in [-0.25, -0.2) is 9.97 Å². The van der Waals surface area contributed by atoms with E-state index in [1.807, 2.05) is 0 Å². The van der Waals surface area contributed by atoms with Gasteiger partial charge in [0.05, 0.1) is 20.7 Å². The highest BCUT2D eigenvalue weighted by Gasteiger charge is 2.12. The predicted octanol–water partition coefficient (Wildman–Crippen LogP) is 5.54. The fourth-order valence-electron chi connectivity index (χ4n) is 0.978. The van der Waals surface area contributed by atoms with E-state index in [2.05, 4.69) is 9.97 Å². The third kappa shape index (κ3) is 7.09. The Kier molecular flexibility index (Phi) is 10.8. The standard InChI is InChI=1S/C5H2Cl2N2O2.C5H4Cl2N2.2CH4/c6-3-1-4(9(10)11)5(7)8-2-3;6-3-1-4(8)5(7)9-2-3;;/h1-2H;1-2H,8H2;2*1H4. The summed E-state index contributed by atoms with van der Waals surface area (Å²) in [6, 6.07) is 2.70. The fourth-order valence-corrected chi connectivity index (χ4v) is 1.57. The van der Waals surface area contributed by atoms with Gasteiger partial charge in [-0.3, -0.25) is 10.1 Å². The van der Waals surface area contributed by atoms with Crippen LogP contribution in [0.15, 0.2) is 24.5 Å². The molecule has 122 valence electrons. The van der Waals surface area contributed by atoms with Gasteiger partial charge in [0.2, 0.25) is 5.15 Å². The van der Waals surface area contributed by atoms with Crippen molar-refractivity contribution in [1.29, 1.82) is 0 Å². The highest BCUT2D eigenvalue weighted by molar-refractivity contribution is 6.34. The van der Waals surface area contributed by atoms with Crippen molar-refractivity contribution in [2.45, 2.75) is 14.9 Å². The quantitative estimate of drug-likeness (QED) is 0.393. The first-order chi connectivity index (χ1) is 9.31. The average Bonchev–Trinajstić information content (AvgIpc) is 2.38. The number of halogens is 4. The lowest BCUT2D eigenvalue weighted by Gasteiger charge is -1.94. The van der Waals surface area contributed by atoms with Gasteiger partial charge in [0.1, 0.15) is 0 Å². The lowest BCUT2D eigenvalue weighted by molar-refractivity contribution is -0.385. The summed E-state index contributed by atoms with van der Waals surface area (Å²) in [5.41, 5.74) is 5.47. The number of nitrogen functional groups attached to an aromatic ring is 1.